The Hall–Kier alpha value is -7.14. The van der Waals surface area contributed by atoms with Crippen LogP contribution in [0.3, 0.4) is 0 Å². The third-order valence-corrected chi connectivity index (χ3v) is 12.9. The highest BCUT2D eigenvalue weighted by atomic mass is 32.1. The maximum atomic E-state index is 6.61. The quantitative estimate of drug-likeness (QED) is 0.180. The first-order valence-electron chi connectivity index (χ1n) is 19.3. The SMILES string of the molecule is c1ccc(-c2cc(-c3ccc4c(c3)C3(c5ccccc5Oc5ccccc53)c3ccccc3-4)nc(-c3ccccc3-c3ccc4sc5ccccc5c4c3)n2)cc1. The highest BCUT2D eigenvalue weighted by molar-refractivity contribution is 7.25. The summed E-state index contributed by atoms with van der Waals surface area (Å²) in [4.78, 5) is 10.8. The van der Waals surface area contributed by atoms with E-state index in [2.05, 4.69) is 188 Å². The van der Waals surface area contributed by atoms with Gasteiger partial charge in [0.05, 0.1) is 16.8 Å². The number of nitrogens with zero attached hydrogens (tertiary/aromatic N) is 2. The van der Waals surface area contributed by atoms with Gasteiger partial charge in [-0.05, 0) is 75.8 Å². The van der Waals surface area contributed by atoms with Gasteiger partial charge in [-0.15, -0.1) is 11.3 Å². The van der Waals surface area contributed by atoms with Crippen molar-refractivity contribution in [3.05, 3.63) is 216 Å². The maximum Gasteiger partial charge on any atom is 0.161 e. The second kappa shape index (κ2) is 12.4. The zero-order valence-corrected chi connectivity index (χ0v) is 31.5. The molecule has 0 bridgehead atoms. The predicted octanol–water partition coefficient (Wildman–Crippen LogP) is 14.0. The summed E-state index contributed by atoms with van der Waals surface area (Å²) >= 11 is 1.84. The van der Waals surface area contributed by atoms with E-state index in [1.165, 1.54) is 42.4 Å². The number of para-hydroxylation sites is 2. The van der Waals surface area contributed by atoms with E-state index < -0.39 is 5.41 Å². The lowest BCUT2D eigenvalue weighted by Crippen LogP contribution is -2.32. The minimum Gasteiger partial charge on any atom is -0.457 e. The molecular formula is C53H32N2OS. The molecule has 0 atom stereocenters. The fraction of sp³-hybridized carbons (Fsp3) is 0.0189. The Kier molecular flexibility index (Phi) is 7.01. The summed E-state index contributed by atoms with van der Waals surface area (Å²) in [6.07, 6.45) is 0. The minimum atomic E-state index is -0.567. The molecule has 1 spiro atoms. The lowest BCUT2D eigenvalue weighted by atomic mass is 9.66. The molecule has 0 N–H and O–H groups in total. The summed E-state index contributed by atoms with van der Waals surface area (Å²) in [7, 11) is 0. The number of ether oxygens (including phenoxy) is 1. The number of aromatic nitrogens is 2. The van der Waals surface area contributed by atoms with Crippen LogP contribution in [0, 0.1) is 0 Å². The first kappa shape index (κ1) is 32.1. The number of benzene rings is 8. The minimum absolute atomic E-state index is 0.567. The molecule has 4 heteroatoms. The molecule has 0 radical (unpaired) electrons. The van der Waals surface area contributed by atoms with Gasteiger partial charge in [0.1, 0.15) is 11.5 Å². The van der Waals surface area contributed by atoms with Crippen molar-refractivity contribution in [3.63, 3.8) is 0 Å². The molecule has 0 fully saturated rings. The van der Waals surface area contributed by atoms with Crippen LogP contribution >= 0.6 is 11.3 Å². The Balaban J connectivity index is 1.09. The van der Waals surface area contributed by atoms with Crippen molar-refractivity contribution in [1.82, 2.24) is 9.97 Å². The van der Waals surface area contributed by atoms with Crippen LogP contribution in [0.5, 0.6) is 11.5 Å². The molecule has 2 aliphatic rings. The Bertz CT molecular complexity index is 3190. The average molecular weight is 745 g/mol. The Morgan fingerprint density at radius 1 is 0.368 bits per heavy atom. The monoisotopic (exact) mass is 744 g/mol. The van der Waals surface area contributed by atoms with E-state index in [4.69, 9.17) is 14.7 Å². The van der Waals surface area contributed by atoms with E-state index in [0.29, 0.717) is 5.82 Å². The smallest absolute Gasteiger partial charge is 0.161 e. The largest absolute Gasteiger partial charge is 0.457 e. The van der Waals surface area contributed by atoms with Crippen molar-refractivity contribution in [1.29, 1.82) is 0 Å². The Morgan fingerprint density at radius 3 is 1.74 bits per heavy atom. The predicted molar refractivity (Wildman–Crippen MR) is 234 cm³/mol. The first-order chi connectivity index (χ1) is 28.2. The van der Waals surface area contributed by atoms with Crippen LogP contribution in [-0.4, -0.2) is 9.97 Å². The molecule has 8 aromatic carbocycles. The molecule has 3 heterocycles. The van der Waals surface area contributed by atoms with Crippen LogP contribution in [0.4, 0.5) is 0 Å². The fourth-order valence-electron chi connectivity index (χ4n) is 9.31. The van der Waals surface area contributed by atoms with Crippen molar-refractivity contribution >= 4 is 31.5 Å². The second-order valence-corrected chi connectivity index (χ2v) is 15.9. The van der Waals surface area contributed by atoms with Crippen LogP contribution < -0.4 is 4.74 Å². The Morgan fingerprint density at radius 2 is 0.947 bits per heavy atom. The number of fused-ring (bicyclic) bond motifs is 12. The molecule has 1 aliphatic carbocycles. The molecule has 12 rings (SSSR count). The van der Waals surface area contributed by atoms with Crippen molar-refractivity contribution in [2.75, 3.05) is 0 Å². The van der Waals surface area contributed by atoms with Gasteiger partial charge in [-0.25, -0.2) is 9.97 Å². The van der Waals surface area contributed by atoms with Gasteiger partial charge in [0, 0.05) is 48.0 Å². The molecule has 2 aromatic heterocycles. The summed E-state index contributed by atoms with van der Waals surface area (Å²) in [5.74, 6) is 2.45. The standard InChI is InChI=1S/C53H32N2OS/c1-2-14-33(15-3-1)46-32-47(55-52(54-46)40-19-5-4-16-36(40)34-27-29-51-41(30-34)39-18-7-13-25-50(39)57-51)35-26-28-38-37-17-6-8-20-42(37)53(45(38)31-35)43-21-9-11-23-48(43)56-49-24-12-10-22-44(49)53/h1-32H. The Labute approximate surface area is 334 Å². The molecule has 0 saturated carbocycles. The average Bonchev–Trinajstić information content (AvgIpc) is 3.80. The first-order valence-corrected chi connectivity index (χ1v) is 20.1. The second-order valence-electron chi connectivity index (χ2n) is 14.8. The van der Waals surface area contributed by atoms with E-state index >= 15 is 0 Å². The lowest BCUT2D eigenvalue weighted by molar-refractivity contribution is 0.436. The van der Waals surface area contributed by atoms with Crippen molar-refractivity contribution in [2.45, 2.75) is 5.41 Å². The molecule has 0 amide bonds. The molecule has 0 saturated heterocycles. The summed E-state index contributed by atoms with van der Waals surface area (Å²) in [6.45, 7) is 0. The van der Waals surface area contributed by atoms with E-state index in [1.807, 2.05) is 17.4 Å². The van der Waals surface area contributed by atoms with Gasteiger partial charge in [-0.3, -0.25) is 0 Å². The van der Waals surface area contributed by atoms with E-state index in [-0.39, 0.29) is 0 Å². The molecule has 0 unspecified atom stereocenters. The van der Waals surface area contributed by atoms with E-state index in [1.54, 1.807) is 0 Å². The molecule has 10 aromatic rings. The van der Waals surface area contributed by atoms with Crippen LogP contribution in [0.15, 0.2) is 194 Å². The summed E-state index contributed by atoms with van der Waals surface area (Å²) < 4.78 is 9.19. The van der Waals surface area contributed by atoms with Gasteiger partial charge in [-0.2, -0.15) is 0 Å². The summed E-state index contributed by atoms with van der Waals surface area (Å²) in [5, 5.41) is 2.56. The van der Waals surface area contributed by atoms with Crippen LogP contribution in [0.25, 0.3) is 76.3 Å². The van der Waals surface area contributed by atoms with Gasteiger partial charge < -0.3 is 4.74 Å². The third-order valence-electron chi connectivity index (χ3n) is 11.8. The molecular weight excluding hydrogens is 713 g/mol. The zero-order valence-electron chi connectivity index (χ0n) is 30.7. The van der Waals surface area contributed by atoms with Crippen LogP contribution in [0.2, 0.25) is 0 Å². The molecule has 57 heavy (non-hydrogen) atoms. The fourth-order valence-corrected chi connectivity index (χ4v) is 10.4. The van der Waals surface area contributed by atoms with Crippen LogP contribution in [0.1, 0.15) is 22.3 Å². The van der Waals surface area contributed by atoms with Crippen molar-refractivity contribution in [2.24, 2.45) is 0 Å². The summed E-state index contributed by atoms with van der Waals surface area (Å²) in [5.41, 5.74) is 13.7. The van der Waals surface area contributed by atoms with Gasteiger partial charge in [-0.1, -0.05) is 152 Å². The van der Waals surface area contributed by atoms with E-state index in [9.17, 15) is 0 Å². The molecule has 3 nitrogen and oxygen atoms in total. The summed E-state index contributed by atoms with van der Waals surface area (Å²) in [6, 6.07) is 69.4. The van der Waals surface area contributed by atoms with Crippen LogP contribution in [-0.2, 0) is 5.41 Å². The highest BCUT2D eigenvalue weighted by Crippen LogP contribution is 2.62. The lowest BCUT2D eigenvalue weighted by Gasteiger charge is -2.39. The van der Waals surface area contributed by atoms with Gasteiger partial charge in [0.2, 0.25) is 0 Å². The number of hydrogen-bond acceptors (Lipinski definition) is 4. The topological polar surface area (TPSA) is 35.0 Å². The van der Waals surface area contributed by atoms with Gasteiger partial charge >= 0.3 is 0 Å². The molecule has 266 valence electrons. The highest BCUT2D eigenvalue weighted by Gasteiger charge is 2.51. The van der Waals surface area contributed by atoms with Crippen molar-refractivity contribution in [3.8, 4) is 67.7 Å². The zero-order chi connectivity index (χ0) is 37.5. The van der Waals surface area contributed by atoms with Crippen molar-refractivity contribution < 1.29 is 4.74 Å². The third kappa shape index (κ3) is 4.78. The number of hydrogen-bond donors (Lipinski definition) is 0. The normalized spacial score (nSPS) is 13.2. The number of rotatable bonds is 4. The van der Waals surface area contributed by atoms with Gasteiger partial charge in [0.15, 0.2) is 5.82 Å². The van der Waals surface area contributed by atoms with E-state index in [0.717, 1.165) is 61.8 Å². The number of thiophene rings is 1. The van der Waals surface area contributed by atoms with Gasteiger partial charge in [0.25, 0.3) is 0 Å². The molecule has 1 aliphatic heterocycles. The maximum absolute atomic E-state index is 6.61.